The highest BCUT2D eigenvalue weighted by Gasteiger charge is 2.13. The number of nitrogens with zero attached hydrogens (tertiary/aromatic N) is 1. The Labute approximate surface area is 218 Å². The zero-order valence-corrected chi connectivity index (χ0v) is 21.1. The van der Waals surface area contributed by atoms with Crippen LogP contribution in [0.5, 0.6) is 0 Å². The number of para-hydroxylation sites is 1. The van der Waals surface area contributed by atoms with Gasteiger partial charge in [0.15, 0.2) is 0 Å². The Bertz CT molecular complexity index is 1910. The number of hydrogen-bond acceptors (Lipinski definition) is 0. The van der Waals surface area contributed by atoms with Crippen LogP contribution >= 0.6 is 15.9 Å². The van der Waals surface area contributed by atoms with Crippen LogP contribution in [0.25, 0.3) is 60.5 Å². The molecule has 0 spiro atoms. The summed E-state index contributed by atoms with van der Waals surface area (Å²) >= 11 is 3.61. The van der Waals surface area contributed by atoms with Crippen LogP contribution in [-0.2, 0) is 0 Å². The van der Waals surface area contributed by atoms with Crippen molar-refractivity contribution in [1.82, 2.24) is 4.57 Å². The Morgan fingerprint density at radius 1 is 0.417 bits per heavy atom. The van der Waals surface area contributed by atoms with Crippen molar-refractivity contribution in [2.75, 3.05) is 0 Å². The van der Waals surface area contributed by atoms with Crippen LogP contribution in [0.2, 0.25) is 0 Å². The molecular weight excluding hydrogens is 502 g/mol. The zero-order chi connectivity index (χ0) is 24.1. The minimum Gasteiger partial charge on any atom is -0.309 e. The maximum absolute atomic E-state index is 3.61. The number of halogens is 1. The van der Waals surface area contributed by atoms with Gasteiger partial charge in [0.2, 0.25) is 0 Å². The van der Waals surface area contributed by atoms with Crippen LogP contribution in [0.1, 0.15) is 0 Å². The Kier molecular flexibility index (Phi) is 5.00. The molecule has 2 heteroatoms. The van der Waals surface area contributed by atoms with Gasteiger partial charge < -0.3 is 4.57 Å². The van der Waals surface area contributed by atoms with Crippen molar-refractivity contribution in [3.05, 3.63) is 138 Å². The molecule has 0 fully saturated rings. The molecule has 0 bridgehead atoms. The summed E-state index contributed by atoms with van der Waals surface area (Å²) in [5.41, 5.74) is 8.50. The first-order chi connectivity index (χ1) is 17.7. The van der Waals surface area contributed by atoms with Crippen LogP contribution in [-0.4, -0.2) is 4.57 Å². The van der Waals surface area contributed by atoms with E-state index in [2.05, 4.69) is 154 Å². The predicted molar refractivity (Wildman–Crippen MR) is 157 cm³/mol. The molecule has 1 nitrogen and oxygen atoms in total. The number of rotatable bonds is 3. The molecule has 0 amide bonds. The van der Waals surface area contributed by atoms with E-state index >= 15 is 0 Å². The lowest BCUT2D eigenvalue weighted by Gasteiger charge is -2.10. The van der Waals surface area contributed by atoms with E-state index in [1.54, 1.807) is 0 Å². The lowest BCUT2D eigenvalue weighted by Crippen LogP contribution is -1.93. The Balaban J connectivity index is 1.42. The second kappa shape index (κ2) is 8.51. The Morgan fingerprint density at radius 2 is 1.08 bits per heavy atom. The quantitative estimate of drug-likeness (QED) is 0.217. The molecule has 7 aromatic rings. The van der Waals surface area contributed by atoms with Crippen LogP contribution in [0.3, 0.4) is 0 Å². The van der Waals surface area contributed by atoms with Gasteiger partial charge in [-0.2, -0.15) is 0 Å². The van der Waals surface area contributed by atoms with Gasteiger partial charge in [-0.05, 0) is 81.6 Å². The normalized spacial score (nSPS) is 11.5. The monoisotopic (exact) mass is 523 g/mol. The van der Waals surface area contributed by atoms with E-state index in [9.17, 15) is 0 Å². The average Bonchev–Trinajstić information content (AvgIpc) is 3.26. The van der Waals surface area contributed by atoms with Crippen molar-refractivity contribution in [2.45, 2.75) is 0 Å². The molecule has 0 aliphatic heterocycles. The topological polar surface area (TPSA) is 4.93 Å². The van der Waals surface area contributed by atoms with Gasteiger partial charge >= 0.3 is 0 Å². The second-order valence-corrected chi connectivity index (χ2v) is 10.1. The largest absolute Gasteiger partial charge is 0.309 e. The van der Waals surface area contributed by atoms with Crippen molar-refractivity contribution in [2.24, 2.45) is 0 Å². The first-order valence-electron chi connectivity index (χ1n) is 12.1. The standard InChI is InChI=1S/C34H22BrN/c35-29-12-6-11-26(20-29)24-9-5-10-25(19-24)28-16-18-34-32(22-28)31-13-3-4-14-33(31)36(34)30-17-15-23-7-1-2-8-27(23)21-30/h1-22H. The summed E-state index contributed by atoms with van der Waals surface area (Å²) in [7, 11) is 0. The maximum atomic E-state index is 3.61. The summed E-state index contributed by atoms with van der Waals surface area (Å²) in [6.45, 7) is 0. The summed E-state index contributed by atoms with van der Waals surface area (Å²) in [4.78, 5) is 0. The van der Waals surface area contributed by atoms with Gasteiger partial charge in [-0.1, -0.05) is 101 Å². The number of benzene rings is 6. The van der Waals surface area contributed by atoms with Gasteiger partial charge in [-0.15, -0.1) is 0 Å². The maximum Gasteiger partial charge on any atom is 0.0541 e. The molecule has 6 aromatic carbocycles. The smallest absolute Gasteiger partial charge is 0.0541 e. The highest BCUT2D eigenvalue weighted by Crippen LogP contribution is 2.36. The lowest BCUT2D eigenvalue weighted by molar-refractivity contribution is 1.19. The van der Waals surface area contributed by atoms with Crippen molar-refractivity contribution in [1.29, 1.82) is 0 Å². The molecule has 0 saturated heterocycles. The number of hydrogen-bond donors (Lipinski definition) is 0. The SMILES string of the molecule is Brc1cccc(-c2cccc(-c3ccc4c(c3)c3ccccc3n4-c3ccc4ccccc4c3)c2)c1. The van der Waals surface area contributed by atoms with Crippen LogP contribution < -0.4 is 0 Å². The molecule has 1 aromatic heterocycles. The van der Waals surface area contributed by atoms with Crippen molar-refractivity contribution in [3.63, 3.8) is 0 Å². The van der Waals surface area contributed by atoms with Crippen LogP contribution in [0.4, 0.5) is 0 Å². The van der Waals surface area contributed by atoms with Gasteiger partial charge in [0.1, 0.15) is 0 Å². The highest BCUT2D eigenvalue weighted by molar-refractivity contribution is 9.10. The molecule has 170 valence electrons. The summed E-state index contributed by atoms with van der Waals surface area (Å²) in [5, 5.41) is 5.05. The third kappa shape index (κ3) is 3.54. The fraction of sp³-hybridized carbons (Fsp3) is 0. The van der Waals surface area contributed by atoms with Gasteiger partial charge in [0, 0.05) is 20.9 Å². The third-order valence-corrected chi connectivity index (χ3v) is 7.51. The van der Waals surface area contributed by atoms with E-state index in [-0.39, 0.29) is 0 Å². The third-order valence-electron chi connectivity index (χ3n) is 7.02. The van der Waals surface area contributed by atoms with Crippen LogP contribution in [0, 0.1) is 0 Å². The van der Waals surface area contributed by atoms with Crippen molar-refractivity contribution < 1.29 is 0 Å². The van der Waals surface area contributed by atoms with Gasteiger partial charge in [0.25, 0.3) is 0 Å². The van der Waals surface area contributed by atoms with Crippen molar-refractivity contribution >= 4 is 48.5 Å². The summed E-state index contributed by atoms with van der Waals surface area (Å²) in [6.07, 6.45) is 0. The summed E-state index contributed by atoms with van der Waals surface area (Å²) < 4.78 is 3.48. The molecule has 0 atom stereocenters. The molecule has 0 radical (unpaired) electrons. The van der Waals surface area contributed by atoms with Crippen molar-refractivity contribution in [3.8, 4) is 27.9 Å². The zero-order valence-electron chi connectivity index (χ0n) is 19.5. The van der Waals surface area contributed by atoms with E-state index in [0.717, 1.165) is 4.47 Å². The highest BCUT2D eigenvalue weighted by atomic mass is 79.9. The first-order valence-corrected chi connectivity index (χ1v) is 12.9. The van der Waals surface area contributed by atoms with E-state index in [1.165, 1.54) is 60.5 Å². The Morgan fingerprint density at radius 3 is 1.92 bits per heavy atom. The van der Waals surface area contributed by atoms with E-state index in [4.69, 9.17) is 0 Å². The van der Waals surface area contributed by atoms with Gasteiger partial charge in [0.05, 0.1) is 11.0 Å². The minimum absolute atomic E-state index is 1.09. The fourth-order valence-electron chi connectivity index (χ4n) is 5.29. The molecule has 0 aliphatic rings. The molecule has 0 saturated carbocycles. The molecule has 7 rings (SSSR count). The average molecular weight is 524 g/mol. The van der Waals surface area contributed by atoms with E-state index in [1.807, 2.05) is 0 Å². The molecule has 36 heavy (non-hydrogen) atoms. The fourth-order valence-corrected chi connectivity index (χ4v) is 5.69. The Hall–Kier alpha value is -4.14. The summed E-state index contributed by atoms with van der Waals surface area (Å²) in [5.74, 6) is 0. The molecule has 0 aliphatic carbocycles. The van der Waals surface area contributed by atoms with E-state index < -0.39 is 0 Å². The molecule has 0 N–H and O–H groups in total. The molecule has 1 heterocycles. The van der Waals surface area contributed by atoms with E-state index in [0.29, 0.717) is 0 Å². The minimum atomic E-state index is 1.09. The summed E-state index contributed by atoms with van der Waals surface area (Å²) in [6, 6.07) is 48.1. The molecular formula is C34H22BrN. The predicted octanol–water partition coefficient (Wildman–Crippen LogP) is 10.0. The number of fused-ring (bicyclic) bond motifs is 4. The number of aromatic nitrogens is 1. The van der Waals surface area contributed by atoms with Crippen LogP contribution in [0.15, 0.2) is 138 Å². The lowest BCUT2D eigenvalue weighted by atomic mass is 9.98. The van der Waals surface area contributed by atoms with Gasteiger partial charge in [-0.3, -0.25) is 0 Å². The second-order valence-electron chi connectivity index (χ2n) is 9.21. The molecule has 0 unspecified atom stereocenters. The van der Waals surface area contributed by atoms with Gasteiger partial charge in [-0.25, -0.2) is 0 Å². The first kappa shape index (κ1) is 21.2.